The van der Waals surface area contributed by atoms with E-state index in [1.165, 1.54) is 4.90 Å². The van der Waals surface area contributed by atoms with Crippen molar-refractivity contribution in [1.29, 1.82) is 0 Å². The Morgan fingerprint density at radius 3 is 2.34 bits per heavy atom. The van der Waals surface area contributed by atoms with Crippen LogP contribution in [-0.2, 0) is 14.3 Å². The molecule has 0 aliphatic carbocycles. The minimum absolute atomic E-state index is 0.120. The molecular weight excluding hydrogens is 584 g/mol. The van der Waals surface area contributed by atoms with Crippen LogP contribution in [0, 0.1) is 6.92 Å². The summed E-state index contributed by atoms with van der Waals surface area (Å²) in [4.78, 5) is 45.9. The van der Waals surface area contributed by atoms with Gasteiger partial charge < -0.3 is 24.1 Å². The molecule has 1 aliphatic rings. The summed E-state index contributed by atoms with van der Waals surface area (Å²) in [7, 11) is 0. The molecule has 1 aliphatic heterocycles. The molecule has 234 valence electrons. The lowest BCUT2D eigenvalue weighted by atomic mass is 9.95. The lowest BCUT2D eigenvalue weighted by Gasteiger charge is -2.24. The van der Waals surface area contributed by atoms with Crippen molar-refractivity contribution in [3.63, 3.8) is 0 Å². The number of ether oxygens (including phenoxy) is 4. The smallest absolute Gasteiger partial charge is 0.350 e. The number of unbranched alkanes of at least 4 members (excludes halogenated alkanes) is 1. The van der Waals surface area contributed by atoms with Crippen LogP contribution in [-0.4, -0.2) is 54.2 Å². The fraction of sp³-hybridized carbons (Fsp3) is 0.394. The second-order valence-electron chi connectivity index (χ2n) is 10.0. The van der Waals surface area contributed by atoms with Gasteiger partial charge >= 0.3 is 11.9 Å². The van der Waals surface area contributed by atoms with Crippen LogP contribution in [0.1, 0.15) is 79.5 Å². The Bertz CT molecular complexity index is 1530. The summed E-state index contributed by atoms with van der Waals surface area (Å²) in [5.41, 5.74) is 1.07. The van der Waals surface area contributed by atoms with Crippen LogP contribution in [0.2, 0.25) is 0 Å². The van der Waals surface area contributed by atoms with Crippen LogP contribution in [0.5, 0.6) is 17.2 Å². The Labute approximate surface area is 261 Å². The Kier molecular flexibility index (Phi) is 11.0. The van der Waals surface area contributed by atoms with E-state index in [-0.39, 0.29) is 27.9 Å². The summed E-state index contributed by atoms with van der Waals surface area (Å²) >= 11 is 0.949. The Morgan fingerprint density at radius 2 is 1.68 bits per heavy atom. The molecule has 0 radical (unpaired) electrons. The van der Waals surface area contributed by atoms with Crippen LogP contribution in [0.3, 0.4) is 0 Å². The van der Waals surface area contributed by atoms with Gasteiger partial charge in [-0.1, -0.05) is 37.7 Å². The van der Waals surface area contributed by atoms with Gasteiger partial charge in [0.15, 0.2) is 16.6 Å². The standard InChI is InChI=1S/C33H38N2O8S/c1-6-10-18-42-23-14-11-21(12-15-23)28(36)26-27(22-13-16-24(43-17-7-2)25(19-22)40-8-3)35(31(38)29(26)37)33-34-20(5)30(44-33)32(39)41-9-4/h11-16,19,27,36H,6-10,17-18H2,1-5H3/b28-26-. The molecule has 0 spiro atoms. The highest BCUT2D eigenvalue weighted by Gasteiger charge is 2.48. The summed E-state index contributed by atoms with van der Waals surface area (Å²) in [6.07, 6.45) is 2.70. The highest BCUT2D eigenvalue weighted by molar-refractivity contribution is 7.17. The molecule has 2 heterocycles. The number of thiazole rings is 1. The molecule has 4 rings (SSSR count). The van der Waals surface area contributed by atoms with E-state index >= 15 is 0 Å². The van der Waals surface area contributed by atoms with Gasteiger partial charge in [-0.2, -0.15) is 0 Å². The number of esters is 1. The molecule has 0 saturated carbocycles. The molecule has 10 nitrogen and oxygen atoms in total. The van der Waals surface area contributed by atoms with Crippen molar-refractivity contribution in [2.24, 2.45) is 0 Å². The van der Waals surface area contributed by atoms with Crippen LogP contribution in [0.25, 0.3) is 5.76 Å². The van der Waals surface area contributed by atoms with Crippen molar-refractivity contribution in [2.75, 3.05) is 31.3 Å². The van der Waals surface area contributed by atoms with E-state index < -0.39 is 23.7 Å². The van der Waals surface area contributed by atoms with Crippen molar-refractivity contribution in [3.8, 4) is 17.2 Å². The summed E-state index contributed by atoms with van der Waals surface area (Å²) in [6.45, 7) is 10.8. The highest BCUT2D eigenvalue weighted by atomic mass is 32.1. The first-order chi connectivity index (χ1) is 21.2. The van der Waals surface area contributed by atoms with Crippen molar-refractivity contribution < 1.29 is 38.4 Å². The summed E-state index contributed by atoms with van der Waals surface area (Å²) in [5.74, 6) is -1.11. The Hall–Kier alpha value is -4.38. The first kappa shape index (κ1) is 32.5. The fourth-order valence-corrected chi connectivity index (χ4v) is 5.70. The first-order valence-electron chi connectivity index (χ1n) is 14.8. The Balaban J connectivity index is 1.86. The largest absolute Gasteiger partial charge is 0.507 e. The van der Waals surface area contributed by atoms with E-state index in [2.05, 4.69) is 11.9 Å². The van der Waals surface area contributed by atoms with E-state index in [0.717, 1.165) is 30.6 Å². The van der Waals surface area contributed by atoms with Gasteiger partial charge in [0, 0.05) is 5.56 Å². The molecule has 1 saturated heterocycles. The van der Waals surface area contributed by atoms with E-state index in [4.69, 9.17) is 18.9 Å². The minimum atomic E-state index is -1.07. The van der Waals surface area contributed by atoms with Crippen LogP contribution >= 0.6 is 11.3 Å². The van der Waals surface area contributed by atoms with E-state index in [9.17, 15) is 19.5 Å². The first-order valence-corrected chi connectivity index (χ1v) is 15.6. The number of hydrogen-bond acceptors (Lipinski definition) is 10. The number of aliphatic hydroxyl groups is 1. The number of carbonyl (C=O) groups excluding carboxylic acids is 3. The molecule has 1 unspecified atom stereocenters. The number of aryl methyl sites for hydroxylation is 1. The Morgan fingerprint density at radius 1 is 0.932 bits per heavy atom. The van der Waals surface area contributed by atoms with Crippen molar-refractivity contribution >= 4 is 39.9 Å². The normalized spacial score (nSPS) is 15.8. The number of amides is 1. The maximum Gasteiger partial charge on any atom is 0.350 e. The predicted molar refractivity (Wildman–Crippen MR) is 168 cm³/mol. The molecule has 1 amide bonds. The number of rotatable bonds is 14. The van der Waals surface area contributed by atoms with Gasteiger partial charge in [0.1, 0.15) is 16.4 Å². The molecule has 0 bridgehead atoms. The number of Topliss-reactive ketones (excluding diaryl/α,β-unsaturated/α-hetero) is 1. The van der Waals surface area contributed by atoms with Crippen LogP contribution in [0.4, 0.5) is 5.13 Å². The number of ketones is 1. The molecule has 11 heteroatoms. The third-order valence-corrected chi connectivity index (χ3v) is 7.97. The second-order valence-corrected chi connectivity index (χ2v) is 11.0. The topological polar surface area (TPSA) is 124 Å². The number of aromatic nitrogens is 1. The lowest BCUT2D eigenvalue weighted by Crippen LogP contribution is -2.29. The van der Waals surface area contributed by atoms with Gasteiger partial charge in [-0.05, 0) is 75.6 Å². The number of anilines is 1. The van der Waals surface area contributed by atoms with E-state index in [1.807, 2.05) is 13.8 Å². The SMILES string of the molecule is CCCCOc1ccc(/C(O)=C2/C(=O)C(=O)N(c3nc(C)c(C(=O)OCC)s3)C2c2ccc(OCCC)c(OCC)c2)cc1. The molecule has 44 heavy (non-hydrogen) atoms. The zero-order valence-electron chi connectivity index (χ0n) is 25.7. The molecule has 1 N–H and O–H groups in total. The fourth-order valence-electron chi connectivity index (χ4n) is 4.71. The number of nitrogens with zero attached hydrogens (tertiary/aromatic N) is 2. The van der Waals surface area contributed by atoms with Gasteiger partial charge in [-0.25, -0.2) is 9.78 Å². The summed E-state index contributed by atoms with van der Waals surface area (Å²) in [5, 5.41) is 11.7. The van der Waals surface area contributed by atoms with Crippen LogP contribution in [0.15, 0.2) is 48.0 Å². The maximum absolute atomic E-state index is 13.7. The zero-order valence-corrected chi connectivity index (χ0v) is 26.5. The molecule has 2 aromatic carbocycles. The molecule has 1 aromatic heterocycles. The number of carbonyl (C=O) groups is 3. The van der Waals surface area contributed by atoms with Crippen molar-refractivity contribution in [3.05, 3.63) is 69.7 Å². The van der Waals surface area contributed by atoms with Gasteiger partial charge in [0.2, 0.25) is 0 Å². The van der Waals surface area contributed by atoms with Gasteiger partial charge in [-0.3, -0.25) is 14.5 Å². The monoisotopic (exact) mass is 622 g/mol. The number of hydrogen-bond donors (Lipinski definition) is 1. The third kappa shape index (κ3) is 6.88. The summed E-state index contributed by atoms with van der Waals surface area (Å²) in [6, 6.07) is 10.8. The molecule has 1 atom stereocenters. The average Bonchev–Trinajstić information content (AvgIpc) is 3.53. The quantitative estimate of drug-likeness (QED) is 0.0694. The summed E-state index contributed by atoms with van der Waals surface area (Å²) < 4.78 is 22.6. The zero-order chi connectivity index (χ0) is 31.8. The van der Waals surface area contributed by atoms with Gasteiger partial charge in [-0.15, -0.1) is 0 Å². The van der Waals surface area contributed by atoms with Crippen LogP contribution < -0.4 is 19.1 Å². The average molecular weight is 623 g/mol. The lowest BCUT2D eigenvalue weighted by molar-refractivity contribution is -0.132. The molecular formula is C33H38N2O8S. The van der Waals surface area contributed by atoms with Crippen molar-refractivity contribution in [2.45, 2.75) is 59.9 Å². The van der Waals surface area contributed by atoms with Crippen molar-refractivity contribution in [1.82, 2.24) is 4.98 Å². The van der Waals surface area contributed by atoms with Gasteiger partial charge in [0.25, 0.3) is 5.78 Å². The number of benzene rings is 2. The van der Waals surface area contributed by atoms with Gasteiger partial charge in [0.05, 0.1) is 43.7 Å². The highest BCUT2D eigenvalue weighted by Crippen LogP contribution is 2.45. The second kappa shape index (κ2) is 14.9. The van der Waals surface area contributed by atoms with E-state index in [1.54, 1.807) is 56.3 Å². The maximum atomic E-state index is 13.7. The molecule has 3 aromatic rings. The van der Waals surface area contributed by atoms with E-state index in [0.29, 0.717) is 53.9 Å². The molecule has 1 fully saturated rings. The number of aliphatic hydroxyl groups excluding tert-OH is 1. The third-order valence-electron chi connectivity index (χ3n) is 6.84. The minimum Gasteiger partial charge on any atom is -0.507 e. The predicted octanol–water partition coefficient (Wildman–Crippen LogP) is 6.62.